The Morgan fingerprint density at radius 1 is 1.30 bits per heavy atom. The van der Waals surface area contributed by atoms with E-state index in [2.05, 4.69) is 16.9 Å². The van der Waals surface area contributed by atoms with Gasteiger partial charge in [0, 0.05) is 24.6 Å². The molecule has 20 heavy (non-hydrogen) atoms. The summed E-state index contributed by atoms with van der Waals surface area (Å²) in [5, 5.41) is 14.5. The molecule has 1 aliphatic heterocycles. The Hall–Kier alpha value is -0.870. The summed E-state index contributed by atoms with van der Waals surface area (Å²) in [5.74, 6) is 0. The average Bonchev–Trinajstić information content (AvgIpc) is 2.97. The highest BCUT2D eigenvalue weighted by atomic mass is 16.5. The minimum atomic E-state index is -0.107. The molecule has 2 heterocycles. The molecule has 0 radical (unpaired) electrons. The molecule has 0 bridgehead atoms. The number of aromatic nitrogens is 2. The lowest BCUT2D eigenvalue weighted by atomic mass is 9.79. The lowest BCUT2D eigenvalue weighted by Gasteiger charge is -2.34. The Bertz CT molecular complexity index is 418. The van der Waals surface area contributed by atoms with Gasteiger partial charge in [-0.2, -0.15) is 5.10 Å². The number of rotatable bonds is 4. The van der Waals surface area contributed by atoms with E-state index in [1.807, 2.05) is 0 Å². The molecule has 1 aromatic heterocycles. The van der Waals surface area contributed by atoms with Crippen LogP contribution in [0, 0.1) is 5.41 Å². The maximum atomic E-state index is 9.74. The van der Waals surface area contributed by atoms with E-state index in [0.717, 1.165) is 31.6 Å². The highest BCUT2D eigenvalue weighted by molar-refractivity contribution is 5.05. The molecule has 3 rings (SSSR count). The van der Waals surface area contributed by atoms with Crippen LogP contribution in [-0.2, 0) is 11.2 Å². The maximum Gasteiger partial charge on any atom is 0.0632 e. The van der Waals surface area contributed by atoms with Gasteiger partial charge in [0.1, 0.15) is 0 Å². The van der Waals surface area contributed by atoms with E-state index in [1.165, 1.54) is 32.1 Å². The Labute approximate surface area is 121 Å². The minimum absolute atomic E-state index is 0.107. The average molecular weight is 278 g/mol. The molecule has 1 unspecified atom stereocenters. The highest BCUT2D eigenvalue weighted by Crippen LogP contribution is 2.32. The van der Waals surface area contributed by atoms with Gasteiger partial charge in [-0.3, -0.25) is 4.68 Å². The van der Waals surface area contributed by atoms with Gasteiger partial charge in [-0.1, -0.05) is 19.3 Å². The first kappa shape index (κ1) is 14.1. The SMILES string of the molecule is OCC1(Cc2ccn(C3CCCCC3)n2)CCCOC1. The zero-order valence-corrected chi connectivity index (χ0v) is 12.3. The van der Waals surface area contributed by atoms with E-state index in [4.69, 9.17) is 9.84 Å². The Balaban J connectivity index is 1.66. The summed E-state index contributed by atoms with van der Waals surface area (Å²) >= 11 is 0. The first-order valence-corrected chi connectivity index (χ1v) is 8.04. The molecule has 0 aromatic carbocycles. The number of hydrogen-bond donors (Lipinski definition) is 1. The van der Waals surface area contributed by atoms with Gasteiger partial charge >= 0.3 is 0 Å². The first-order chi connectivity index (χ1) is 9.81. The van der Waals surface area contributed by atoms with Gasteiger partial charge in [0.15, 0.2) is 0 Å². The van der Waals surface area contributed by atoms with Crippen LogP contribution in [0.5, 0.6) is 0 Å². The molecule has 1 saturated carbocycles. The van der Waals surface area contributed by atoms with E-state index in [0.29, 0.717) is 12.6 Å². The summed E-state index contributed by atoms with van der Waals surface area (Å²) < 4.78 is 7.73. The molecule has 1 aliphatic carbocycles. The molecule has 2 fully saturated rings. The molecule has 4 nitrogen and oxygen atoms in total. The van der Waals surface area contributed by atoms with Gasteiger partial charge in [-0.25, -0.2) is 0 Å². The van der Waals surface area contributed by atoms with E-state index < -0.39 is 0 Å². The monoisotopic (exact) mass is 278 g/mol. The van der Waals surface area contributed by atoms with Crippen molar-refractivity contribution in [1.29, 1.82) is 0 Å². The van der Waals surface area contributed by atoms with Crippen LogP contribution in [0.3, 0.4) is 0 Å². The van der Waals surface area contributed by atoms with E-state index >= 15 is 0 Å². The quantitative estimate of drug-likeness (QED) is 0.921. The molecule has 0 spiro atoms. The van der Waals surface area contributed by atoms with Gasteiger partial charge in [0.25, 0.3) is 0 Å². The fourth-order valence-corrected chi connectivity index (χ4v) is 3.63. The van der Waals surface area contributed by atoms with Crippen LogP contribution < -0.4 is 0 Å². The van der Waals surface area contributed by atoms with Crippen molar-refractivity contribution in [3.63, 3.8) is 0 Å². The second-order valence-corrected chi connectivity index (χ2v) is 6.57. The van der Waals surface area contributed by atoms with E-state index in [9.17, 15) is 5.11 Å². The maximum absolute atomic E-state index is 9.74. The molecule has 4 heteroatoms. The number of ether oxygens (including phenoxy) is 1. The highest BCUT2D eigenvalue weighted by Gasteiger charge is 2.33. The summed E-state index contributed by atoms with van der Waals surface area (Å²) in [4.78, 5) is 0. The standard InChI is InChI=1S/C16H26N2O2/c19-12-16(8-4-10-20-13-16)11-14-7-9-18(17-14)15-5-2-1-3-6-15/h7,9,15,19H,1-6,8,10-13H2. The summed E-state index contributed by atoms with van der Waals surface area (Å²) in [6.45, 7) is 1.70. The Morgan fingerprint density at radius 3 is 2.85 bits per heavy atom. The topological polar surface area (TPSA) is 47.3 Å². The second-order valence-electron chi connectivity index (χ2n) is 6.57. The summed E-state index contributed by atoms with van der Waals surface area (Å²) in [6.07, 6.45) is 11.6. The molecule has 1 aromatic rings. The van der Waals surface area contributed by atoms with Crippen molar-refractivity contribution >= 4 is 0 Å². The van der Waals surface area contributed by atoms with Crippen molar-refractivity contribution in [2.24, 2.45) is 5.41 Å². The number of aliphatic hydroxyl groups is 1. The van der Waals surface area contributed by atoms with Crippen molar-refractivity contribution < 1.29 is 9.84 Å². The van der Waals surface area contributed by atoms with Crippen LogP contribution in [0.2, 0.25) is 0 Å². The summed E-state index contributed by atoms with van der Waals surface area (Å²) in [7, 11) is 0. The molecular weight excluding hydrogens is 252 g/mol. The van der Waals surface area contributed by atoms with Crippen LogP contribution in [0.25, 0.3) is 0 Å². The predicted octanol–water partition coefficient (Wildman–Crippen LogP) is 2.72. The minimum Gasteiger partial charge on any atom is -0.396 e. The number of hydrogen-bond acceptors (Lipinski definition) is 3. The van der Waals surface area contributed by atoms with Gasteiger partial charge in [-0.05, 0) is 31.7 Å². The van der Waals surface area contributed by atoms with Crippen LogP contribution in [0.15, 0.2) is 12.3 Å². The van der Waals surface area contributed by atoms with Crippen LogP contribution >= 0.6 is 0 Å². The van der Waals surface area contributed by atoms with E-state index in [1.54, 1.807) is 0 Å². The van der Waals surface area contributed by atoms with Crippen molar-refractivity contribution in [3.05, 3.63) is 18.0 Å². The van der Waals surface area contributed by atoms with Gasteiger partial charge in [0.2, 0.25) is 0 Å². The molecule has 1 N–H and O–H groups in total. The Morgan fingerprint density at radius 2 is 2.15 bits per heavy atom. The molecular formula is C16H26N2O2. The lowest BCUT2D eigenvalue weighted by Crippen LogP contribution is -2.37. The van der Waals surface area contributed by atoms with Crippen molar-refractivity contribution in [3.8, 4) is 0 Å². The van der Waals surface area contributed by atoms with Gasteiger partial charge < -0.3 is 9.84 Å². The second kappa shape index (κ2) is 6.27. The van der Waals surface area contributed by atoms with Crippen molar-refractivity contribution in [1.82, 2.24) is 9.78 Å². The van der Waals surface area contributed by atoms with Crippen LogP contribution in [-0.4, -0.2) is 34.7 Å². The third kappa shape index (κ3) is 3.07. The predicted molar refractivity (Wildman–Crippen MR) is 77.6 cm³/mol. The normalized spacial score (nSPS) is 28.6. The van der Waals surface area contributed by atoms with Crippen LogP contribution in [0.4, 0.5) is 0 Å². The largest absolute Gasteiger partial charge is 0.396 e. The van der Waals surface area contributed by atoms with Gasteiger partial charge in [-0.15, -0.1) is 0 Å². The van der Waals surface area contributed by atoms with Gasteiger partial charge in [0.05, 0.1) is 24.9 Å². The molecule has 112 valence electrons. The third-order valence-electron chi connectivity index (χ3n) is 4.91. The number of nitrogens with zero attached hydrogens (tertiary/aromatic N) is 2. The zero-order valence-electron chi connectivity index (χ0n) is 12.3. The zero-order chi connectivity index (χ0) is 13.8. The lowest BCUT2D eigenvalue weighted by molar-refractivity contribution is -0.0384. The van der Waals surface area contributed by atoms with Crippen molar-refractivity contribution in [2.45, 2.75) is 57.4 Å². The van der Waals surface area contributed by atoms with Crippen molar-refractivity contribution in [2.75, 3.05) is 19.8 Å². The first-order valence-electron chi connectivity index (χ1n) is 8.04. The fraction of sp³-hybridized carbons (Fsp3) is 0.812. The molecule has 1 saturated heterocycles. The number of aliphatic hydroxyl groups excluding tert-OH is 1. The smallest absolute Gasteiger partial charge is 0.0632 e. The fourth-order valence-electron chi connectivity index (χ4n) is 3.63. The van der Waals surface area contributed by atoms with Crippen LogP contribution in [0.1, 0.15) is 56.7 Å². The third-order valence-corrected chi connectivity index (χ3v) is 4.91. The Kier molecular flexibility index (Phi) is 4.41. The van der Waals surface area contributed by atoms with E-state index in [-0.39, 0.29) is 12.0 Å². The molecule has 1 atom stereocenters. The summed E-state index contributed by atoms with van der Waals surface area (Å²) in [5.41, 5.74) is 0.999. The molecule has 2 aliphatic rings. The molecule has 0 amide bonds. The summed E-state index contributed by atoms with van der Waals surface area (Å²) in [6, 6.07) is 2.71.